The first kappa shape index (κ1) is 13.4. The number of hydrogen-bond acceptors (Lipinski definition) is 2. The molecule has 1 rings (SSSR count). The van der Waals surface area contributed by atoms with Gasteiger partial charge in [0.05, 0.1) is 26.2 Å². The lowest BCUT2D eigenvalue weighted by Crippen LogP contribution is -2.50. The fourth-order valence-electron chi connectivity index (χ4n) is 2.04. The Hall–Kier alpha value is -0.570. The van der Waals surface area contributed by atoms with E-state index in [2.05, 4.69) is 13.8 Å². The van der Waals surface area contributed by atoms with Gasteiger partial charge in [0.15, 0.2) is 0 Å². The van der Waals surface area contributed by atoms with Crippen molar-refractivity contribution in [2.45, 2.75) is 40.0 Å². The van der Waals surface area contributed by atoms with Crippen molar-refractivity contribution >= 4 is 5.97 Å². The summed E-state index contributed by atoms with van der Waals surface area (Å²) >= 11 is 0. The van der Waals surface area contributed by atoms with Crippen molar-refractivity contribution in [3.63, 3.8) is 0 Å². The molecule has 0 N–H and O–H groups in total. The van der Waals surface area contributed by atoms with Crippen molar-refractivity contribution in [2.75, 3.05) is 26.2 Å². The van der Waals surface area contributed by atoms with Gasteiger partial charge in [0.2, 0.25) is 0 Å². The van der Waals surface area contributed by atoms with Crippen molar-refractivity contribution in [3.8, 4) is 0 Å². The van der Waals surface area contributed by atoms with Gasteiger partial charge in [-0.05, 0) is 40.0 Å². The van der Waals surface area contributed by atoms with Gasteiger partial charge in [0.1, 0.15) is 0 Å². The van der Waals surface area contributed by atoms with Crippen LogP contribution in [-0.2, 0) is 4.79 Å². The van der Waals surface area contributed by atoms with Gasteiger partial charge in [-0.25, -0.2) is 0 Å². The molecule has 1 heterocycles. The van der Waals surface area contributed by atoms with Crippen LogP contribution in [0.2, 0.25) is 0 Å². The van der Waals surface area contributed by atoms with E-state index in [0.717, 1.165) is 6.92 Å². The summed E-state index contributed by atoms with van der Waals surface area (Å²) in [5.41, 5.74) is 0. The number of carboxylic acid groups (broad SMARTS) is 1. The Bertz CT molecular complexity index is 153. The van der Waals surface area contributed by atoms with Gasteiger partial charge in [0, 0.05) is 5.97 Å². The van der Waals surface area contributed by atoms with Crippen LogP contribution in [0.25, 0.3) is 0 Å². The van der Waals surface area contributed by atoms with Crippen molar-refractivity contribution in [1.82, 2.24) is 0 Å². The molecule has 0 spiro atoms. The second-order valence-electron chi connectivity index (χ2n) is 3.97. The first-order chi connectivity index (χ1) is 6.56. The minimum absolute atomic E-state index is 0.972. The third-order valence-corrected chi connectivity index (χ3v) is 3.11. The first-order valence-electron chi connectivity index (χ1n) is 5.59. The number of carboxylic acids is 1. The SMILES string of the molecule is CC(=O)[O-].CC[N+]1(CC)CCCCC1. The van der Waals surface area contributed by atoms with E-state index in [9.17, 15) is 0 Å². The zero-order valence-electron chi connectivity index (χ0n) is 9.71. The quantitative estimate of drug-likeness (QED) is 0.619. The second-order valence-corrected chi connectivity index (χ2v) is 3.97. The van der Waals surface area contributed by atoms with E-state index in [-0.39, 0.29) is 0 Å². The molecule has 84 valence electrons. The highest BCUT2D eigenvalue weighted by Crippen LogP contribution is 2.17. The molecule has 0 amide bonds. The Balaban J connectivity index is 0.000000364. The Morgan fingerprint density at radius 1 is 1.14 bits per heavy atom. The number of piperidine rings is 1. The summed E-state index contributed by atoms with van der Waals surface area (Å²) in [6.07, 6.45) is 4.39. The van der Waals surface area contributed by atoms with Gasteiger partial charge >= 0.3 is 0 Å². The lowest BCUT2D eigenvalue weighted by atomic mass is 10.1. The van der Waals surface area contributed by atoms with Gasteiger partial charge in [-0.1, -0.05) is 0 Å². The lowest BCUT2D eigenvalue weighted by Gasteiger charge is -2.39. The van der Waals surface area contributed by atoms with Crippen LogP contribution >= 0.6 is 0 Å². The first-order valence-corrected chi connectivity index (χ1v) is 5.59. The third-order valence-electron chi connectivity index (χ3n) is 3.11. The van der Waals surface area contributed by atoms with E-state index in [4.69, 9.17) is 9.90 Å². The predicted octanol–water partition coefficient (Wildman–Crippen LogP) is 0.783. The zero-order chi connectivity index (χ0) is 11.0. The van der Waals surface area contributed by atoms with Crippen LogP contribution in [0, 0.1) is 0 Å². The monoisotopic (exact) mass is 201 g/mol. The number of carbonyl (C=O) groups excluding carboxylic acids is 1. The fourth-order valence-corrected chi connectivity index (χ4v) is 2.04. The molecule has 3 nitrogen and oxygen atoms in total. The molecule has 0 atom stereocenters. The maximum absolute atomic E-state index is 8.89. The smallest absolute Gasteiger partial charge is 0.0786 e. The molecular weight excluding hydrogens is 178 g/mol. The highest BCUT2D eigenvalue weighted by atomic mass is 16.4. The Kier molecular flexibility index (Phi) is 6.54. The van der Waals surface area contributed by atoms with E-state index >= 15 is 0 Å². The molecule has 1 fully saturated rings. The third kappa shape index (κ3) is 5.22. The molecule has 0 aliphatic carbocycles. The maximum atomic E-state index is 8.89. The Morgan fingerprint density at radius 3 is 1.71 bits per heavy atom. The number of carbonyl (C=O) groups is 1. The topological polar surface area (TPSA) is 40.1 Å². The van der Waals surface area contributed by atoms with E-state index in [1.807, 2.05) is 0 Å². The number of hydrogen-bond donors (Lipinski definition) is 0. The molecule has 0 saturated carbocycles. The normalized spacial score (nSPS) is 19.4. The minimum atomic E-state index is -1.08. The van der Waals surface area contributed by atoms with Gasteiger partial charge in [-0.3, -0.25) is 0 Å². The molecule has 0 radical (unpaired) electrons. The lowest BCUT2D eigenvalue weighted by molar-refractivity contribution is -0.929. The number of quaternary nitrogens is 1. The summed E-state index contributed by atoms with van der Waals surface area (Å²) in [7, 11) is 0. The molecule has 0 aromatic rings. The van der Waals surface area contributed by atoms with E-state index in [1.54, 1.807) is 0 Å². The van der Waals surface area contributed by atoms with Crippen molar-refractivity contribution in [2.24, 2.45) is 0 Å². The Morgan fingerprint density at radius 2 is 1.50 bits per heavy atom. The van der Waals surface area contributed by atoms with Crippen LogP contribution in [0.1, 0.15) is 40.0 Å². The van der Waals surface area contributed by atoms with E-state index < -0.39 is 5.97 Å². The van der Waals surface area contributed by atoms with Gasteiger partial charge in [-0.2, -0.15) is 0 Å². The van der Waals surface area contributed by atoms with Crippen LogP contribution in [-0.4, -0.2) is 36.6 Å². The molecule has 1 aliphatic rings. The average Bonchev–Trinajstić information content (AvgIpc) is 2.18. The largest absolute Gasteiger partial charge is 0.550 e. The summed E-state index contributed by atoms with van der Waals surface area (Å²) in [6, 6.07) is 0. The molecule has 0 aromatic carbocycles. The van der Waals surface area contributed by atoms with Gasteiger partial charge < -0.3 is 14.4 Å². The van der Waals surface area contributed by atoms with Crippen molar-refractivity contribution in [3.05, 3.63) is 0 Å². The molecule has 3 heteroatoms. The van der Waals surface area contributed by atoms with Crippen LogP contribution in [0.3, 0.4) is 0 Å². The number of nitrogens with zero attached hydrogens (tertiary/aromatic N) is 1. The summed E-state index contributed by atoms with van der Waals surface area (Å²) in [5, 5.41) is 8.89. The van der Waals surface area contributed by atoms with Crippen molar-refractivity contribution in [1.29, 1.82) is 0 Å². The maximum Gasteiger partial charge on any atom is 0.0786 e. The van der Waals surface area contributed by atoms with Crippen LogP contribution in [0.15, 0.2) is 0 Å². The standard InChI is InChI=1S/C9H20N.C2H4O2/c1-3-10(4-2)8-6-5-7-9-10;1-2(3)4/h3-9H2,1-2H3;1H3,(H,3,4)/q+1;/p-1. The predicted molar refractivity (Wildman–Crippen MR) is 55.6 cm³/mol. The zero-order valence-corrected chi connectivity index (χ0v) is 9.71. The summed E-state index contributed by atoms with van der Waals surface area (Å²) < 4.78 is 1.39. The molecule has 1 aliphatic heterocycles. The summed E-state index contributed by atoms with van der Waals surface area (Å²) in [6.45, 7) is 11.2. The average molecular weight is 201 g/mol. The van der Waals surface area contributed by atoms with E-state index in [1.165, 1.54) is 49.9 Å². The highest BCUT2D eigenvalue weighted by molar-refractivity contribution is 5.60. The highest BCUT2D eigenvalue weighted by Gasteiger charge is 2.24. The van der Waals surface area contributed by atoms with Crippen molar-refractivity contribution < 1.29 is 14.4 Å². The second kappa shape index (κ2) is 6.82. The van der Waals surface area contributed by atoms with Crippen LogP contribution < -0.4 is 5.11 Å². The van der Waals surface area contributed by atoms with E-state index in [0.29, 0.717) is 0 Å². The number of aliphatic carboxylic acids is 1. The molecule has 14 heavy (non-hydrogen) atoms. The van der Waals surface area contributed by atoms with Gasteiger partial charge in [0.25, 0.3) is 0 Å². The number of likely N-dealkylation sites (tertiary alicyclic amines) is 1. The molecular formula is C11H23NO2. The molecule has 0 aromatic heterocycles. The molecule has 1 saturated heterocycles. The minimum Gasteiger partial charge on any atom is -0.550 e. The fraction of sp³-hybridized carbons (Fsp3) is 0.909. The Labute approximate surface area is 87.3 Å². The summed E-state index contributed by atoms with van der Waals surface area (Å²) in [5.74, 6) is -1.08. The molecule has 0 bridgehead atoms. The number of rotatable bonds is 2. The summed E-state index contributed by atoms with van der Waals surface area (Å²) in [4.78, 5) is 8.89. The molecule has 0 unspecified atom stereocenters. The van der Waals surface area contributed by atoms with Gasteiger partial charge in [-0.15, -0.1) is 0 Å². The van der Waals surface area contributed by atoms with Crippen LogP contribution in [0.4, 0.5) is 0 Å². The van der Waals surface area contributed by atoms with Crippen LogP contribution in [0.5, 0.6) is 0 Å².